The lowest BCUT2D eigenvalue weighted by Crippen LogP contribution is -2.40. The van der Waals surface area contributed by atoms with Crippen LogP contribution in [0.4, 0.5) is 0 Å². The molecule has 2 atom stereocenters. The van der Waals surface area contributed by atoms with Crippen LogP contribution in [0.1, 0.15) is 6.42 Å². The van der Waals surface area contributed by atoms with Gasteiger partial charge in [0.25, 0.3) is 5.91 Å². The van der Waals surface area contributed by atoms with Gasteiger partial charge in [0.2, 0.25) is 0 Å². The predicted octanol–water partition coefficient (Wildman–Crippen LogP) is -1.56. The van der Waals surface area contributed by atoms with E-state index in [1.54, 1.807) is 0 Å². The number of hydrogen-bond donors (Lipinski definition) is 3. The number of carbonyl (C=O) groups is 1. The first-order chi connectivity index (χ1) is 7.65. The first-order valence-electron chi connectivity index (χ1n) is 4.81. The molecule has 1 amide bonds. The van der Waals surface area contributed by atoms with Crippen molar-refractivity contribution in [2.75, 3.05) is 34.4 Å². The first kappa shape index (κ1) is 15.3. The molecule has 0 aromatic rings. The van der Waals surface area contributed by atoms with Crippen molar-refractivity contribution in [3.8, 4) is 0 Å². The van der Waals surface area contributed by atoms with Crippen LogP contribution in [0.15, 0.2) is 0 Å². The van der Waals surface area contributed by atoms with Gasteiger partial charge in [0.15, 0.2) is 0 Å². The molecular formula is C9H19NO6. The summed E-state index contributed by atoms with van der Waals surface area (Å²) < 4.78 is 14.4. The summed E-state index contributed by atoms with van der Waals surface area (Å²) in [5.41, 5.74) is 0. The molecule has 0 aromatic carbocycles. The minimum Gasteiger partial charge on any atom is -0.394 e. The maximum atomic E-state index is 11.5. The Kier molecular flexibility index (Phi) is 9.06. The van der Waals surface area contributed by atoms with Crippen molar-refractivity contribution in [2.45, 2.75) is 18.6 Å². The summed E-state index contributed by atoms with van der Waals surface area (Å²) in [6.45, 7) is -0.436. The average molecular weight is 237 g/mol. The number of aliphatic hydroxyl groups excluding tert-OH is 2. The fraction of sp³-hybridized carbons (Fsp3) is 0.889. The molecule has 0 rings (SSSR count). The fourth-order valence-corrected chi connectivity index (χ4v) is 0.980. The lowest BCUT2D eigenvalue weighted by molar-refractivity contribution is -0.147. The Labute approximate surface area is 94.3 Å². The maximum Gasteiger partial charge on any atom is 0.251 e. The van der Waals surface area contributed by atoms with E-state index in [-0.39, 0.29) is 19.9 Å². The van der Waals surface area contributed by atoms with Crippen LogP contribution in [0.3, 0.4) is 0 Å². The molecule has 0 aliphatic rings. The van der Waals surface area contributed by atoms with E-state index in [0.29, 0.717) is 0 Å². The number of rotatable bonds is 9. The lowest BCUT2D eigenvalue weighted by atomic mass is 10.1. The van der Waals surface area contributed by atoms with Crippen LogP contribution in [0.25, 0.3) is 0 Å². The average Bonchev–Trinajstić information content (AvgIpc) is 2.30. The summed E-state index contributed by atoms with van der Waals surface area (Å²) >= 11 is 0. The van der Waals surface area contributed by atoms with Crippen LogP contribution in [0.5, 0.6) is 0 Å². The highest BCUT2D eigenvalue weighted by molar-refractivity contribution is 5.80. The van der Waals surface area contributed by atoms with E-state index in [1.807, 2.05) is 0 Å². The minimum absolute atomic E-state index is 0.00456. The Hall–Kier alpha value is -0.730. The Morgan fingerprint density at radius 2 is 2.06 bits per heavy atom. The van der Waals surface area contributed by atoms with Gasteiger partial charge in [-0.05, 0) is 0 Å². The smallest absolute Gasteiger partial charge is 0.251 e. The van der Waals surface area contributed by atoms with E-state index in [2.05, 4.69) is 14.8 Å². The molecule has 0 saturated carbocycles. The largest absolute Gasteiger partial charge is 0.394 e. The van der Waals surface area contributed by atoms with Gasteiger partial charge in [-0.3, -0.25) is 4.79 Å². The van der Waals surface area contributed by atoms with Crippen molar-refractivity contribution in [2.24, 2.45) is 0 Å². The normalized spacial score (nSPS) is 14.5. The number of ether oxygens (including phenoxy) is 3. The number of aliphatic hydroxyl groups is 2. The minimum atomic E-state index is -1.00. The molecule has 0 aliphatic heterocycles. The molecule has 16 heavy (non-hydrogen) atoms. The number of methoxy groups -OCH3 is 2. The second-order valence-electron chi connectivity index (χ2n) is 3.11. The molecule has 0 spiro atoms. The second kappa shape index (κ2) is 9.49. The molecule has 3 N–H and O–H groups in total. The monoisotopic (exact) mass is 237 g/mol. The van der Waals surface area contributed by atoms with E-state index in [9.17, 15) is 9.90 Å². The topological polar surface area (TPSA) is 97.3 Å². The fourth-order valence-electron chi connectivity index (χ4n) is 0.980. The quantitative estimate of drug-likeness (QED) is 0.420. The van der Waals surface area contributed by atoms with Gasteiger partial charge in [-0.15, -0.1) is 0 Å². The van der Waals surface area contributed by atoms with Crippen molar-refractivity contribution in [1.29, 1.82) is 0 Å². The molecule has 0 radical (unpaired) electrons. The van der Waals surface area contributed by atoms with E-state index < -0.39 is 24.7 Å². The van der Waals surface area contributed by atoms with Gasteiger partial charge >= 0.3 is 0 Å². The summed E-state index contributed by atoms with van der Waals surface area (Å²) in [5.74, 6) is -0.425. The highest BCUT2D eigenvalue weighted by Gasteiger charge is 2.22. The van der Waals surface area contributed by atoms with Crippen LogP contribution in [-0.2, 0) is 19.0 Å². The van der Waals surface area contributed by atoms with E-state index >= 15 is 0 Å². The molecule has 0 bridgehead atoms. The maximum absolute atomic E-state index is 11.5. The van der Waals surface area contributed by atoms with Gasteiger partial charge in [0, 0.05) is 20.6 Å². The predicted molar refractivity (Wildman–Crippen MR) is 54.5 cm³/mol. The third kappa shape index (κ3) is 6.70. The number of amides is 1. The van der Waals surface area contributed by atoms with Gasteiger partial charge < -0.3 is 29.7 Å². The van der Waals surface area contributed by atoms with Crippen molar-refractivity contribution < 1.29 is 29.2 Å². The standard InChI is InChI=1S/C9H19NO6/c1-14-5-10-9(13)8(16-6-15-2)3-7(12)4-11/h7-8,11-12H,3-6H2,1-2H3,(H,10,13)/t7-,8+/m0/s1. The Bertz CT molecular complexity index is 189. The zero-order valence-corrected chi connectivity index (χ0v) is 9.51. The molecule has 0 heterocycles. The van der Waals surface area contributed by atoms with E-state index in [4.69, 9.17) is 9.84 Å². The van der Waals surface area contributed by atoms with Gasteiger partial charge in [0.1, 0.15) is 19.6 Å². The van der Waals surface area contributed by atoms with Crippen molar-refractivity contribution >= 4 is 5.91 Å². The molecule has 96 valence electrons. The van der Waals surface area contributed by atoms with Crippen molar-refractivity contribution in [3.05, 3.63) is 0 Å². The first-order valence-corrected chi connectivity index (χ1v) is 4.81. The summed E-state index contributed by atoms with van der Waals surface area (Å²) in [4.78, 5) is 11.5. The molecule has 0 unspecified atom stereocenters. The van der Waals surface area contributed by atoms with E-state index in [0.717, 1.165) is 0 Å². The molecule has 7 heteroatoms. The number of nitrogens with one attached hydrogen (secondary N) is 1. The molecule has 0 aromatic heterocycles. The number of hydrogen-bond acceptors (Lipinski definition) is 6. The Morgan fingerprint density at radius 1 is 1.38 bits per heavy atom. The molecule has 0 saturated heterocycles. The SMILES string of the molecule is COCNC(=O)[C@@H](C[C@H](O)CO)OCOC. The third-order valence-corrected chi connectivity index (χ3v) is 1.77. The lowest BCUT2D eigenvalue weighted by Gasteiger charge is -2.18. The van der Waals surface area contributed by atoms with Crippen molar-refractivity contribution in [3.63, 3.8) is 0 Å². The van der Waals surface area contributed by atoms with Crippen LogP contribution < -0.4 is 5.32 Å². The summed E-state index contributed by atoms with van der Waals surface area (Å²) in [6, 6.07) is 0. The highest BCUT2D eigenvalue weighted by Crippen LogP contribution is 2.03. The molecule has 0 fully saturated rings. The van der Waals surface area contributed by atoms with Crippen LogP contribution >= 0.6 is 0 Å². The highest BCUT2D eigenvalue weighted by atomic mass is 16.7. The van der Waals surface area contributed by atoms with E-state index in [1.165, 1.54) is 14.2 Å². The van der Waals surface area contributed by atoms with Crippen LogP contribution in [0, 0.1) is 0 Å². The Balaban J connectivity index is 4.11. The summed E-state index contributed by atoms with van der Waals surface area (Å²) in [6.07, 6.45) is -1.89. The third-order valence-electron chi connectivity index (χ3n) is 1.77. The Morgan fingerprint density at radius 3 is 2.56 bits per heavy atom. The zero-order valence-electron chi connectivity index (χ0n) is 9.51. The van der Waals surface area contributed by atoms with Gasteiger partial charge in [-0.25, -0.2) is 0 Å². The summed E-state index contributed by atoms with van der Waals surface area (Å²) in [7, 11) is 2.86. The molecule has 7 nitrogen and oxygen atoms in total. The zero-order chi connectivity index (χ0) is 12.4. The summed E-state index contributed by atoms with van der Waals surface area (Å²) in [5, 5.41) is 20.3. The number of carbonyl (C=O) groups excluding carboxylic acids is 1. The van der Waals surface area contributed by atoms with Gasteiger partial charge in [0.05, 0.1) is 12.7 Å². The van der Waals surface area contributed by atoms with Gasteiger partial charge in [-0.1, -0.05) is 0 Å². The second-order valence-corrected chi connectivity index (χ2v) is 3.11. The molecular weight excluding hydrogens is 218 g/mol. The van der Waals surface area contributed by atoms with Gasteiger partial charge in [-0.2, -0.15) is 0 Å². The molecule has 0 aliphatic carbocycles. The van der Waals surface area contributed by atoms with Crippen LogP contribution in [-0.4, -0.2) is 62.7 Å². The van der Waals surface area contributed by atoms with Crippen LogP contribution in [0.2, 0.25) is 0 Å². The van der Waals surface area contributed by atoms with Crippen molar-refractivity contribution in [1.82, 2.24) is 5.32 Å².